The van der Waals surface area contributed by atoms with Crippen molar-refractivity contribution in [1.29, 1.82) is 0 Å². The Bertz CT molecular complexity index is 847. The largest absolute Gasteiger partial charge is 0.326 e. The molecule has 7 heteroatoms. The van der Waals surface area contributed by atoms with Gasteiger partial charge < -0.3 is 5.32 Å². The van der Waals surface area contributed by atoms with E-state index in [1.165, 1.54) is 0 Å². The highest BCUT2D eigenvalue weighted by atomic mass is 32.2. The normalized spacial score (nSPS) is 11.3. The van der Waals surface area contributed by atoms with Gasteiger partial charge in [-0.25, -0.2) is 13.1 Å². The van der Waals surface area contributed by atoms with Gasteiger partial charge >= 0.3 is 0 Å². The number of aryl methyl sites for hydroxylation is 2. The molecule has 1 amide bonds. The van der Waals surface area contributed by atoms with E-state index >= 15 is 0 Å². The van der Waals surface area contributed by atoms with Crippen molar-refractivity contribution in [3.8, 4) is 0 Å². The van der Waals surface area contributed by atoms with Gasteiger partial charge in [-0.05, 0) is 56.0 Å². The molecule has 0 aliphatic heterocycles. The van der Waals surface area contributed by atoms with Gasteiger partial charge in [0.05, 0.1) is 4.90 Å². The fourth-order valence-corrected chi connectivity index (χ4v) is 4.04. The first kappa shape index (κ1) is 19.5. The average molecular weight is 379 g/mol. The summed E-state index contributed by atoms with van der Waals surface area (Å²) in [6.45, 7) is 3.71. The summed E-state index contributed by atoms with van der Waals surface area (Å²) < 4.78 is 27.1. The molecule has 0 spiro atoms. The Balaban J connectivity index is 1.89. The number of thioether (sulfide) groups is 1. The van der Waals surface area contributed by atoms with E-state index in [1.54, 1.807) is 30.8 Å². The molecule has 0 saturated heterocycles. The number of rotatable bonds is 7. The standard InChI is InChI=1S/C18H22N2O3S2/c1-13-4-9-17(14(2)12-13)25(22,23)19-11-10-18(21)20-15-5-7-16(24-3)8-6-15/h4-9,12,19H,10-11H2,1-3H3,(H,20,21). The summed E-state index contributed by atoms with van der Waals surface area (Å²) in [7, 11) is -3.62. The molecule has 0 saturated carbocycles. The molecule has 0 aromatic heterocycles. The number of hydrogen-bond acceptors (Lipinski definition) is 4. The van der Waals surface area contributed by atoms with E-state index in [0.717, 1.165) is 10.5 Å². The van der Waals surface area contributed by atoms with Crippen LogP contribution in [0.25, 0.3) is 0 Å². The van der Waals surface area contributed by atoms with Crippen LogP contribution in [0.3, 0.4) is 0 Å². The molecule has 2 aromatic rings. The fourth-order valence-electron chi connectivity index (χ4n) is 2.38. The van der Waals surface area contributed by atoms with Crippen molar-refractivity contribution >= 4 is 33.4 Å². The van der Waals surface area contributed by atoms with E-state index in [-0.39, 0.29) is 23.8 Å². The van der Waals surface area contributed by atoms with Gasteiger partial charge in [0, 0.05) is 23.5 Å². The van der Waals surface area contributed by atoms with E-state index in [0.29, 0.717) is 11.3 Å². The zero-order valence-corrected chi connectivity index (χ0v) is 16.1. The third-order valence-corrected chi connectivity index (χ3v) is 6.00. The Hall–Kier alpha value is -1.83. The first-order chi connectivity index (χ1) is 11.8. The molecule has 0 heterocycles. The lowest BCUT2D eigenvalue weighted by Gasteiger charge is -2.10. The van der Waals surface area contributed by atoms with E-state index in [1.807, 2.05) is 43.5 Å². The summed E-state index contributed by atoms with van der Waals surface area (Å²) >= 11 is 1.62. The molecular formula is C18H22N2O3S2. The Morgan fingerprint density at radius 3 is 2.36 bits per heavy atom. The first-order valence-electron chi connectivity index (χ1n) is 7.82. The highest BCUT2D eigenvalue weighted by Gasteiger charge is 2.16. The highest BCUT2D eigenvalue weighted by Crippen LogP contribution is 2.18. The molecule has 134 valence electrons. The second-order valence-corrected chi connectivity index (χ2v) is 8.31. The summed E-state index contributed by atoms with van der Waals surface area (Å²) in [5.41, 5.74) is 2.38. The molecule has 2 rings (SSSR count). The predicted molar refractivity (Wildman–Crippen MR) is 103 cm³/mol. The van der Waals surface area contributed by atoms with Crippen LogP contribution in [-0.4, -0.2) is 27.1 Å². The molecule has 0 aliphatic carbocycles. The van der Waals surface area contributed by atoms with Gasteiger partial charge in [-0.2, -0.15) is 0 Å². The fraction of sp³-hybridized carbons (Fsp3) is 0.278. The lowest BCUT2D eigenvalue weighted by atomic mass is 10.2. The molecular weight excluding hydrogens is 356 g/mol. The first-order valence-corrected chi connectivity index (χ1v) is 10.5. The number of hydrogen-bond donors (Lipinski definition) is 2. The highest BCUT2D eigenvalue weighted by molar-refractivity contribution is 7.98. The van der Waals surface area contributed by atoms with E-state index in [4.69, 9.17) is 0 Å². The van der Waals surface area contributed by atoms with Crippen LogP contribution in [0, 0.1) is 13.8 Å². The van der Waals surface area contributed by atoms with Crippen molar-refractivity contribution < 1.29 is 13.2 Å². The number of anilines is 1. The summed E-state index contributed by atoms with van der Waals surface area (Å²) in [4.78, 5) is 13.3. The summed E-state index contributed by atoms with van der Waals surface area (Å²) in [5, 5.41) is 2.76. The minimum absolute atomic E-state index is 0.0460. The van der Waals surface area contributed by atoms with Gasteiger partial charge in [0.25, 0.3) is 0 Å². The van der Waals surface area contributed by atoms with Gasteiger partial charge in [-0.15, -0.1) is 11.8 Å². The molecule has 5 nitrogen and oxygen atoms in total. The van der Waals surface area contributed by atoms with Gasteiger partial charge in [0.15, 0.2) is 0 Å². The van der Waals surface area contributed by atoms with Crippen LogP contribution in [0.5, 0.6) is 0 Å². The van der Waals surface area contributed by atoms with Crippen molar-refractivity contribution in [2.24, 2.45) is 0 Å². The second-order valence-electron chi connectivity index (χ2n) is 5.69. The quantitative estimate of drug-likeness (QED) is 0.725. The molecule has 0 atom stereocenters. The maximum Gasteiger partial charge on any atom is 0.240 e. The third-order valence-electron chi connectivity index (χ3n) is 3.64. The third kappa shape index (κ3) is 5.59. The van der Waals surface area contributed by atoms with Gasteiger partial charge in [-0.3, -0.25) is 4.79 Å². The molecule has 0 unspecified atom stereocenters. The number of nitrogens with one attached hydrogen (secondary N) is 2. The maximum absolute atomic E-state index is 12.3. The van der Waals surface area contributed by atoms with Crippen molar-refractivity contribution in [3.05, 3.63) is 53.6 Å². The smallest absolute Gasteiger partial charge is 0.240 e. The van der Waals surface area contributed by atoms with Gasteiger partial charge in [-0.1, -0.05) is 17.7 Å². The van der Waals surface area contributed by atoms with E-state index in [9.17, 15) is 13.2 Å². The zero-order valence-electron chi connectivity index (χ0n) is 14.5. The minimum Gasteiger partial charge on any atom is -0.326 e. The Kier molecular flexibility index (Phi) is 6.64. The number of sulfonamides is 1. The topological polar surface area (TPSA) is 75.3 Å². The minimum atomic E-state index is -3.62. The lowest BCUT2D eigenvalue weighted by molar-refractivity contribution is -0.116. The summed E-state index contributed by atoms with van der Waals surface area (Å²) in [6.07, 6.45) is 2.05. The van der Waals surface area contributed by atoms with Crippen molar-refractivity contribution in [2.75, 3.05) is 18.1 Å². The molecule has 25 heavy (non-hydrogen) atoms. The van der Waals surface area contributed by atoms with Gasteiger partial charge in [0.1, 0.15) is 0 Å². The Morgan fingerprint density at radius 1 is 1.08 bits per heavy atom. The summed E-state index contributed by atoms with van der Waals surface area (Å²) in [6, 6.07) is 12.6. The van der Waals surface area contributed by atoms with Crippen LogP contribution in [0.2, 0.25) is 0 Å². The Labute approximate surface area is 153 Å². The van der Waals surface area contributed by atoms with Crippen LogP contribution in [-0.2, 0) is 14.8 Å². The van der Waals surface area contributed by atoms with Crippen LogP contribution >= 0.6 is 11.8 Å². The van der Waals surface area contributed by atoms with E-state index < -0.39 is 10.0 Å². The molecule has 0 aliphatic rings. The van der Waals surface area contributed by atoms with Crippen molar-refractivity contribution in [3.63, 3.8) is 0 Å². The maximum atomic E-state index is 12.3. The summed E-state index contributed by atoms with van der Waals surface area (Å²) in [5.74, 6) is -0.236. The van der Waals surface area contributed by atoms with Gasteiger partial charge in [0.2, 0.25) is 15.9 Å². The van der Waals surface area contributed by atoms with Crippen LogP contribution in [0.4, 0.5) is 5.69 Å². The predicted octanol–water partition coefficient (Wildman–Crippen LogP) is 3.33. The van der Waals surface area contributed by atoms with Crippen molar-refractivity contribution in [2.45, 2.75) is 30.1 Å². The van der Waals surface area contributed by atoms with Crippen LogP contribution < -0.4 is 10.0 Å². The zero-order chi connectivity index (χ0) is 18.4. The monoisotopic (exact) mass is 378 g/mol. The van der Waals surface area contributed by atoms with Crippen LogP contribution in [0.15, 0.2) is 52.3 Å². The molecule has 0 bridgehead atoms. The number of amides is 1. The van der Waals surface area contributed by atoms with E-state index in [2.05, 4.69) is 10.0 Å². The molecule has 0 radical (unpaired) electrons. The number of carbonyl (C=O) groups is 1. The molecule has 2 aromatic carbocycles. The van der Waals surface area contributed by atoms with Crippen molar-refractivity contribution in [1.82, 2.24) is 4.72 Å². The Morgan fingerprint density at radius 2 is 1.76 bits per heavy atom. The molecule has 2 N–H and O–H groups in total. The number of carbonyl (C=O) groups excluding carboxylic acids is 1. The SMILES string of the molecule is CSc1ccc(NC(=O)CCNS(=O)(=O)c2ccc(C)cc2C)cc1. The number of benzene rings is 2. The average Bonchev–Trinajstić information content (AvgIpc) is 2.55. The second kappa shape index (κ2) is 8.51. The van der Waals surface area contributed by atoms with Crippen LogP contribution in [0.1, 0.15) is 17.5 Å². The lowest BCUT2D eigenvalue weighted by Crippen LogP contribution is -2.28. The molecule has 0 fully saturated rings.